The zero-order chi connectivity index (χ0) is 14.8. The molecule has 4 heteroatoms. The molecule has 21 heavy (non-hydrogen) atoms. The summed E-state index contributed by atoms with van der Waals surface area (Å²) in [5, 5.41) is 0. The molecule has 0 fully saturated rings. The zero-order valence-electron chi connectivity index (χ0n) is 11.9. The Kier molecular flexibility index (Phi) is 3.36. The summed E-state index contributed by atoms with van der Waals surface area (Å²) in [6, 6.07) is 13.4. The normalized spacial score (nSPS) is 11.3. The van der Waals surface area contributed by atoms with Gasteiger partial charge in [-0.1, -0.05) is 36.4 Å². The molecular formula is C17H15NO3. The van der Waals surface area contributed by atoms with Gasteiger partial charge in [-0.05, 0) is 23.8 Å². The average molecular weight is 281 g/mol. The van der Waals surface area contributed by atoms with Crippen LogP contribution in [0.1, 0.15) is 11.1 Å². The number of hydrogen-bond donors (Lipinski definition) is 0. The molecule has 0 atom stereocenters. The molecule has 0 radical (unpaired) electrons. The molecule has 2 aromatic carbocycles. The predicted octanol–water partition coefficient (Wildman–Crippen LogP) is 3.31. The third kappa shape index (κ3) is 2.48. The van der Waals surface area contributed by atoms with E-state index in [0.29, 0.717) is 5.58 Å². The van der Waals surface area contributed by atoms with Gasteiger partial charge in [-0.15, -0.1) is 0 Å². The highest BCUT2D eigenvalue weighted by molar-refractivity contribution is 5.87. The molecule has 4 nitrogen and oxygen atoms in total. The summed E-state index contributed by atoms with van der Waals surface area (Å²) in [6.07, 6.45) is 3.96. The molecule has 1 heterocycles. The van der Waals surface area contributed by atoms with Crippen LogP contribution in [0.2, 0.25) is 0 Å². The lowest BCUT2D eigenvalue weighted by Crippen LogP contribution is -2.08. The Morgan fingerprint density at radius 3 is 2.57 bits per heavy atom. The maximum atomic E-state index is 11.6. The van der Waals surface area contributed by atoms with Gasteiger partial charge in [0.2, 0.25) is 0 Å². The number of aryl methyl sites for hydroxylation is 1. The van der Waals surface area contributed by atoms with E-state index in [9.17, 15) is 4.79 Å². The van der Waals surface area contributed by atoms with Gasteiger partial charge in [0.1, 0.15) is 5.75 Å². The summed E-state index contributed by atoms with van der Waals surface area (Å²) in [7, 11) is 3.35. The molecule has 0 spiro atoms. The van der Waals surface area contributed by atoms with Crippen LogP contribution in [0.4, 0.5) is 0 Å². The van der Waals surface area contributed by atoms with Crippen molar-refractivity contribution in [2.24, 2.45) is 7.05 Å². The smallest absolute Gasteiger partial charge is 0.419 e. The Morgan fingerprint density at radius 2 is 1.86 bits per heavy atom. The van der Waals surface area contributed by atoms with Crippen molar-refractivity contribution in [1.29, 1.82) is 0 Å². The van der Waals surface area contributed by atoms with Crippen LogP contribution in [-0.2, 0) is 7.05 Å². The van der Waals surface area contributed by atoms with Crippen molar-refractivity contribution in [2.45, 2.75) is 0 Å². The van der Waals surface area contributed by atoms with Crippen LogP contribution in [0, 0.1) is 0 Å². The van der Waals surface area contributed by atoms with E-state index in [1.165, 1.54) is 4.57 Å². The molecule has 1 aromatic heterocycles. The summed E-state index contributed by atoms with van der Waals surface area (Å²) >= 11 is 0. The van der Waals surface area contributed by atoms with Gasteiger partial charge in [0.05, 0.1) is 12.6 Å². The molecule has 0 aliphatic carbocycles. The second kappa shape index (κ2) is 5.32. The Labute approximate surface area is 121 Å². The predicted molar refractivity (Wildman–Crippen MR) is 83.4 cm³/mol. The van der Waals surface area contributed by atoms with E-state index in [1.54, 1.807) is 20.2 Å². The van der Waals surface area contributed by atoms with Crippen molar-refractivity contribution in [1.82, 2.24) is 4.57 Å². The Hall–Kier alpha value is -2.75. The van der Waals surface area contributed by atoms with E-state index in [-0.39, 0.29) is 5.76 Å². The van der Waals surface area contributed by atoms with Gasteiger partial charge in [0, 0.05) is 12.6 Å². The molecule has 0 bridgehead atoms. The number of nitrogens with zero attached hydrogens (tertiary/aromatic N) is 1. The third-order valence-corrected chi connectivity index (χ3v) is 3.41. The summed E-state index contributed by atoms with van der Waals surface area (Å²) in [5.74, 6) is 0.474. The first-order valence-electron chi connectivity index (χ1n) is 6.60. The first-order chi connectivity index (χ1) is 10.2. The summed E-state index contributed by atoms with van der Waals surface area (Å²) in [4.78, 5) is 11.6. The monoisotopic (exact) mass is 281 g/mol. The van der Waals surface area contributed by atoms with Crippen LogP contribution in [-0.4, -0.2) is 11.7 Å². The van der Waals surface area contributed by atoms with Gasteiger partial charge in [-0.25, -0.2) is 4.79 Å². The first kappa shape index (κ1) is 13.2. The number of aromatic nitrogens is 1. The summed E-state index contributed by atoms with van der Waals surface area (Å²) in [6.45, 7) is 0. The number of benzene rings is 2. The molecule has 3 rings (SSSR count). The highest BCUT2D eigenvalue weighted by atomic mass is 16.5. The number of para-hydroxylation sites is 1. The summed E-state index contributed by atoms with van der Waals surface area (Å²) < 4.78 is 11.8. The molecule has 0 aliphatic rings. The largest absolute Gasteiger partial charge is 0.497 e. The fraction of sp³-hybridized carbons (Fsp3) is 0.118. The number of methoxy groups -OCH3 is 1. The number of rotatable bonds is 3. The average Bonchev–Trinajstić information content (AvgIpc) is 2.81. The van der Waals surface area contributed by atoms with Crippen molar-refractivity contribution in [2.75, 3.05) is 7.11 Å². The van der Waals surface area contributed by atoms with Crippen LogP contribution in [0.3, 0.4) is 0 Å². The second-order valence-electron chi connectivity index (χ2n) is 4.73. The molecule has 0 aliphatic heterocycles. The lowest BCUT2D eigenvalue weighted by Gasteiger charge is -2.00. The molecule has 0 unspecified atom stereocenters. The van der Waals surface area contributed by atoms with Crippen molar-refractivity contribution >= 4 is 23.3 Å². The van der Waals surface area contributed by atoms with Crippen molar-refractivity contribution in [3.8, 4) is 5.75 Å². The van der Waals surface area contributed by atoms with E-state index >= 15 is 0 Å². The number of fused-ring (bicyclic) bond motifs is 1. The van der Waals surface area contributed by atoms with Crippen LogP contribution in [0.25, 0.3) is 23.3 Å². The second-order valence-corrected chi connectivity index (χ2v) is 4.73. The van der Waals surface area contributed by atoms with Crippen LogP contribution < -0.4 is 10.5 Å². The topological polar surface area (TPSA) is 44.4 Å². The molecule has 0 N–H and O–H groups in total. The van der Waals surface area contributed by atoms with E-state index in [4.69, 9.17) is 9.15 Å². The van der Waals surface area contributed by atoms with E-state index < -0.39 is 0 Å². The molecule has 3 aromatic rings. The molecular weight excluding hydrogens is 266 g/mol. The highest BCUT2D eigenvalue weighted by Gasteiger charge is 2.08. The van der Waals surface area contributed by atoms with Crippen molar-refractivity contribution in [3.63, 3.8) is 0 Å². The minimum Gasteiger partial charge on any atom is -0.497 e. The lowest BCUT2D eigenvalue weighted by atomic mass is 10.1. The number of hydrogen-bond acceptors (Lipinski definition) is 3. The molecule has 106 valence electrons. The maximum Gasteiger partial charge on any atom is 0.419 e. The highest BCUT2D eigenvalue weighted by Crippen LogP contribution is 2.20. The first-order valence-corrected chi connectivity index (χ1v) is 6.60. The van der Waals surface area contributed by atoms with Crippen LogP contribution >= 0.6 is 0 Å². The molecule has 0 saturated heterocycles. The lowest BCUT2D eigenvalue weighted by molar-refractivity contribution is 0.415. The van der Waals surface area contributed by atoms with Crippen LogP contribution in [0.5, 0.6) is 5.75 Å². The molecule has 0 amide bonds. The Bertz CT molecular complexity index is 854. The zero-order valence-corrected chi connectivity index (χ0v) is 11.9. The number of oxazole rings is 1. The third-order valence-electron chi connectivity index (χ3n) is 3.41. The Morgan fingerprint density at radius 1 is 1.10 bits per heavy atom. The number of ether oxygens (including phenoxy) is 1. The van der Waals surface area contributed by atoms with E-state index in [0.717, 1.165) is 22.4 Å². The minimum absolute atomic E-state index is 0.352. The maximum absolute atomic E-state index is 11.6. The minimum atomic E-state index is -0.352. The van der Waals surface area contributed by atoms with Gasteiger partial charge < -0.3 is 9.15 Å². The van der Waals surface area contributed by atoms with E-state index in [1.807, 2.05) is 48.6 Å². The molecule has 0 saturated carbocycles. The van der Waals surface area contributed by atoms with Crippen molar-refractivity contribution < 1.29 is 9.15 Å². The van der Waals surface area contributed by atoms with Gasteiger partial charge in [0.15, 0.2) is 5.58 Å². The van der Waals surface area contributed by atoms with Crippen molar-refractivity contribution in [3.05, 3.63) is 64.1 Å². The standard InChI is InChI=1S/C17H15NO3/c1-18-16-13(4-3-5-15(16)21-17(18)19)9-6-12-7-10-14(20-2)11-8-12/h3-11H,1-2H3/b9-6-. The van der Waals surface area contributed by atoms with Gasteiger partial charge in [0.25, 0.3) is 0 Å². The van der Waals surface area contributed by atoms with E-state index in [2.05, 4.69) is 0 Å². The van der Waals surface area contributed by atoms with Crippen LogP contribution in [0.15, 0.2) is 51.7 Å². The Balaban J connectivity index is 2.00. The fourth-order valence-electron chi connectivity index (χ4n) is 2.27. The van der Waals surface area contributed by atoms with Gasteiger partial charge in [-0.2, -0.15) is 0 Å². The summed E-state index contributed by atoms with van der Waals surface area (Å²) in [5.41, 5.74) is 3.39. The van der Waals surface area contributed by atoms with Gasteiger partial charge >= 0.3 is 5.76 Å². The SMILES string of the molecule is COc1ccc(/C=C\c2cccc3oc(=O)n(C)c23)cc1. The fourth-order valence-corrected chi connectivity index (χ4v) is 2.27. The quantitative estimate of drug-likeness (QED) is 0.692. The van der Waals surface area contributed by atoms with Gasteiger partial charge in [-0.3, -0.25) is 4.57 Å².